The van der Waals surface area contributed by atoms with Crippen LogP contribution in [-0.2, 0) is 4.43 Å². The van der Waals surface area contributed by atoms with Crippen LogP contribution in [0.3, 0.4) is 0 Å². The molecule has 24 heavy (non-hydrogen) atoms. The molecule has 0 amide bonds. The van der Waals surface area contributed by atoms with Crippen LogP contribution in [0.5, 0.6) is 5.75 Å². The molecule has 0 radical (unpaired) electrons. The monoisotopic (exact) mass is 383 g/mol. The molecule has 6 heteroatoms. The van der Waals surface area contributed by atoms with Crippen LogP contribution < -0.4 is 4.43 Å². The van der Waals surface area contributed by atoms with E-state index < -0.39 is 16.6 Å². The molecule has 0 spiro atoms. The Balaban J connectivity index is 3.08. The maximum Gasteiger partial charge on any atom is 0.250 e. The second-order valence-electron chi connectivity index (χ2n) is 8.41. The van der Waals surface area contributed by atoms with Crippen LogP contribution in [0.15, 0.2) is 35.7 Å². The van der Waals surface area contributed by atoms with Crippen LogP contribution >= 0.6 is 11.6 Å². The van der Waals surface area contributed by atoms with Gasteiger partial charge in [0.15, 0.2) is 5.88 Å². The van der Waals surface area contributed by atoms with Crippen LogP contribution in [-0.4, -0.2) is 22.8 Å². The molecule has 0 aliphatic rings. The van der Waals surface area contributed by atoms with Gasteiger partial charge in [-0.25, -0.2) is 4.99 Å². The van der Waals surface area contributed by atoms with Gasteiger partial charge in [-0.15, -0.1) is 0 Å². The van der Waals surface area contributed by atoms with Crippen molar-refractivity contribution < 1.29 is 8.85 Å². The van der Waals surface area contributed by atoms with E-state index in [-0.39, 0.29) is 5.04 Å². The summed E-state index contributed by atoms with van der Waals surface area (Å²) in [6.07, 6.45) is 1.72. The van der Waals surface area contributed by atoms with E-state index in [9.17, 15) is 0 Å². The summed E-state index contributed by atoms with van der Waals surface area (Å²) in [5, 5.41) is 0.766. The summed E-state index contributed by atoms with van der Waals surface area (Å²) in [5.41, 5.74) is 0.840. The molecule has 1 aromatic rings. The van der Waals surface area contributed by atoms with Gasteiger partial charge in [-0.2, -0.15) is 0 Å². The number of rotatable bonds is 6. The van der Waals surface area contributed by atoms with E-state index >= 15 is 0 Å². The number of halogens is 1. The predicted octanol–water partition coefficient (Wildman–Crippen LogP) is 6.47. The zero-order valence-electron chi connectivity index (χ0n) is 16.2. The first kappa shape index (κ1) is 21.0. The average Bonchev–Trinajstić information content (AvgIpc) is 2.35. The molecule has 0 atom stereocenters. The van der Waals surface area contributed by atoms with Crippen molar-refractivity contribution in [2.45, 2.75) is 58.5 Å². The van der Waals surface area contributed by atoms with E-state index in [2.05, 4.69) is 65.1 Å². The summed E-state index contributed by atoms with van der Waals surface area (Å²) in [7, 11) is -3.65. The van der Waals surface area contributed by atoms with Crippen molar-refractivity contribution in [1.82, 2.24) is 0 Å². The Morgan fingerprint density at radius 3 is 2.25 bits per heavy atom. The molecule has 1 rings (SSSR count). The summed E-state index contributed by atoms with van der Waals surface area (Å²) in [6.45, 7) is 21.2. The third-order valence-corrected chi connectivity index (χ3v) is 9.34. The maximum atomic E-state index is 6.41. The zero-order chi connectivity index (χ0) is 18.8. The third kappa shape index (κ3) is 6.45. The predicted molar refractivity (Wildman–Crippen MR) is 110 cm³/mol. The highest BCUT2D eigenvalue weighted by Gasteiger charge is 2.39. The summed E-state index contributed by atoms with van der Waals surface area (Å²) in [5.74, 6) is 1.22. The molecular weight excluding hydrogens is 354 g/mol. The standard InChI is InChI=1S/C18H30ClNO2Si2/c1-14(21-23(5,6)7)20-13-15-12-16(19)10-11-17(15)22-24(8,9)18(2,3)4/h10-13H,1H2,2-9H3/b20-13+. The molecule has 0 aliphatic heterocycles. The van der Waals surface area contributed by atoms with E-state index in [1.165, 1.54) is 0 Å². The smallest absolute Gasteiger partial charge is 0.250 e. The van der Waals surface area contributed by atoms with Gasteiger partial charge in [0.25, 0.3) is 8.32 Å². The summed E-state index contributed by atoms with van der Waals surface area (Å²) >= 11 is 6.15. The van der Waals surface area contributed by atoms with Crippen molar-refractivity contribution >= 4 is 34.5 Å². The molecule has 0 heterocycles. The number of nitrogens with zero attached hydrogens (tertiary/aromatic N) is 1. The summed E-state index contributed by atoms with van der Waals surface area (Å²) < 4.78 is 12.2. The minimum atomic E-state index is -1.94. The van der Waals surface area contributed by atoms with E-state index in [0.29, 0.717) is 10.9 Å². The van der Waals surface area contributed by atoms with Crippen LogP contribution in [0, 0.1) is 0 Å². The topological polar surface area (TPSA) is 30.8 Å². The van der Waals surface area contributed by atoms with Gasteiger partial charge in [0.05, 0.1) is 0 Å². The molecular formula is C18H30ClNO2Si2. The molecule has 0 unspecified atom stereocenters. The third-order valence-electron chi connectivity index (χ3n) is 3.91. The van der Waals surface area contributed by atoms with E-state index in [1.807, 2.05) is 18.2 Å². The molecule has 0 fully saturated rings. The highest BCUT2D eigenvalue weighted by Crippen LogP contribution is 2.38. The number of hydrogen-bond acceptors (Lipinski definition) is 3. The first-order valence-electron chi connectivity index (χ1n) is 8.12. The van der Waals surface area contributed by atoms with Crippen molar-refractivity contribution in [2.24, 2.45) is 4.99 Å². The SMILES string of the molecule is C=C(/N=C/c1cc(Cl)ccc1O[Si](C)(C)C(C)(C)C)O[Si](C)(C)C. The van der Waals surface area contributed by atoms with Gasteiger partial charge in [-0.1, -0.05) is 32.4 Å². The summed E-state index contributed by atoms with van der Waals surface area (Å²) in [6, 6.07) is 5.61. The quantitative estimate of drug-likeness (QED) is 0.320. The highest BCUT2D eigenvalue weighted by molar-refractivity contribution is 6.74. The Bertz CT molecular complexity index is 629. The lowest BCUT2D eigenvalue weighted by molar-refractivity contribution is 0.421. The lowest BCUT2D eigenvalue weighted by atomic mass is 10.2. The lowest BCUT2D eigenvalue weighted by Gasteiger charge is -2.36. The second kappa shape index (κ2) is 7.46. The Hall–Kier alpha value is -1.05. The van der Waals surface area contributed by atoms with Crippen molar-refractivity contribution in [2.75, 3.05) is 0 Å². The van der Waals surface area contributed by atoms with Crippen molar-refractivity contribution in [1.29, 1.82) is 0 Å². The molecule has 0 saturated heterocycles. The Morgan fingerprint density at radius 1 is 1.17 bits per heavy atom. The highest BCUT2D eigenvalue weighted by atomic mass is 35.5. The zero-order valence-corrected chi connectivity index (χ0v) is 18.9. The molecule has 0 N–H and O–H groups in total. The number of benzene rings is 1. The first-order chi connectivity index (χ1) is 10.7. The van der Waals surface area contributed by atoms with Crippen LogP contribution in [0.2, 0.25) is 42.8 Å². The fraction of sp³-hybridized carbons (Fsp3) is 0.500. The van der Waals surface area contributed by atoms with Crippen molar-refractivity contribution in [3.63, 3.8) is 0 Å². The Kier molecular flexibility index (Phi) is 6.52. The van der Waals surface area contributed by atoms with Crippen molar-refractivity contribution in [3.8, 4) is 5.75 Å². The maximum absolute atomic E-state index is 6.41. The fourth-order valence-corrected chi connectivity index (χ4v) is 3.64. The molecule has 0 saturated carbocycles. The molecule has 3 nitrogen and oxygen atoms in total. The lowest BCUT2D eigenvalue weighted by Crippen LogP contribution is -2.44. The molecule has 0 aliphatic carbocycles. The molecule has 0 aromatic heterocycles. The number of hydrogen-bond donors (Lipinski definition) is 0. The minimum Gasteiger partial charge on any atom is -0.543 e. The van der Waals surface area contributed by atoms with Gasteiger partial charge in [0.1, 0.15) is 5.75 Å². The van der Waals surface area contributed by atoms with E-state index in [4.69, 9.17) is 20.5 Å². The largest absolute Gasteiger partial charge is 0.543 e. The molecule has 1 aromatic carbocycles. The van der Waals surface area contributed by atoms with Gasteiger partial charge in [-0.3, -0.25) is 0 Å². The Labute approximate surface area is 154 Å². The van der Waals surface area contributed by atoms with Gasteiger partial charge < -0.3 is 8.85 Å². The Morgan fingerprint density at radius 2 is 1.75 bits per heavy atom. The molecule has 134 valence electrons. The first-order valence-corrected chi connectivity index (χ1v) is 14.8. The van der Waals surface area contributed by atoms with Gasteiger partial charge >= 0.3 is 0 Å². The van der Waals surface area contributed by atoms with E-state index in [0.717, 1.165) is 11.3 Å². The van der Waals surface area contributed by atoms with Crippen LogP contribution in [0.25, 0.3) is 0 Å². The van der Waals surface area contributed by atoms with Gasteiger partial charge in [0, 0.05) is 16.8 Å². The van der Waals surface area contributed by atoms with Crippen molar-refractivity contribution in [3.05, 3.63) is 41.2 Å². The summed E-state index contributed by atoms with van der Waals surface area (Å²) in [4.78, 5) is 4.34. The average molecular weight is 384 g/mol. The second-order valence-corrected chi connectivity index (χ2v) is 18.0. The van der Waals surface area contributed by atoms with E-state index in [1.54, 1.807) is 6.21 Å². The van der Waals surface area contributed by atoms with Crippen LogP contribution in [0.4, 0.5) is 0 Å². The normalized spacial score (nSPS) is 13.2. The minimum absolute atomic E-state index is 0.117. The fourth-order valence-electron chi connectivity index (χ4n) is 1.66. The molecule has 0 bridgehead atoms. The number of aliphatic imine (C=N–C) groups is 1. The van der Waals surface area contributed by atoms with Crippen LogP contribution in [0.1, 0.15) is 26.3 Å². The van der Waals surface area contributed by atoms with Gasteiger partial charge in [-0.05, 0) is 62.6 Å². The van der Waals surface area contributed by atoms with Gasteiger partial charge in [0.2, 0.25) is 8.32 Å².